The lowest BCUT2D eigenvalue weighted by Crippen LogP contribution is -2.36. The fraction of sp³-hybridized carbons (Fsp3) is 0.348. The van der Waals surface area contributed by atoms with Crippen LogP contribution in [-0.2, 0) is 20.8 Å². The summed E-state index contributed by atoms with van der Waals surface area (Å²) in [4.78, 5) is 36.3. The summed E-state index contributed by atoms with van der Waals surface area (Å²) in [5.74, 6) is -2.40. The van der Waals surface area contributed by atoms with E-state index < -0.39 is 17.8 Å². The molecule has 0 radical (unpaired) electrons. The molecule has 2 amide bonds. The van der Waals surface area contributed by atoms with E-state index in [0.717, 1.165) is 24.0 Å². The van der Waals surface area contributed by atoms with E-state index in [1.165, 1.54) is 0 Å². The minimum atomic E-state index is -0.905. The summed E-state index contributed by atoms with van der Waals surface area (Å²) in [6.45, 7) is 1.86. The van der Waals surface area contributed by atoms with Crippen molar-refractivity contribution >= 4 is 29.2 Å². The largest absolute Gasteiger partial charge is 0.481 e. The lowest BCUT2D eigenvalue weighted by molar-refractivity contribution is -0.147. The van der Waals surface area contributed by atoms with E-state index in [1.807, 2.05) is 37.3 Å². The maximum atomic E-state index is 12.6. The number of hydrogen-bond donors (Lipinski definition) is 3. The molecule has 6 heteroatoms. The van der Waals surface area contributed by atoms with Gasteiger partial charge in [0.05, 0.1) is 18.3 Å². The van der Waals surface area contributed by atoms with Crippen LogP contribution in [0.3, 0.4) is 0 Å². The first-order valence-electron chi connectivity index (χ1n) is 9.92. The van der Waals surface area contributed by atoms with Gasteiger partial charge < -0.3 is 15.7 Å². The molecule has 0 saturated heterocycles. The highest BCUT2D eigenvalue weighted by Gasteiger charge is 2.35. The van der Waals surface area contributed by atoms with Crippen LogP contribution < -0.4 is 10.6 Å². The molecule has 2 aromatic rings. The number of aliphatic carboxylic acids is 1. The van der Waals surface area contributed by atoms with Gasteiger partial charge in [-0.1, -0.05) is 43.2 Å². The van der Waals surface area contributed by atoms with Gasteiger partial charge in [0.1, 0.15) is 0 Å². The molecule has 29 heavy (non-hydrogen) atoms. The molecule has 1 saturated carbocycles. The van der Waals surface area contributed by atoms with Gasteiger partial charge in [0.25, 0.3) is 0 Å². The van der Waals surface area contributed by atoms with Crippen molar-refractivity contribution in [1.29, 1.82) is 0 Å². The number of amides is 2. The highest BCUT2D eigenvalue weighted by atomic mass is 16.4. The maximum absolute atomic E-state index is 12.6. The van der Waals surface area contributed by atoms with E-state index >= 15 is 0 Å². The molecule has 2 unspecified atom stereocenters. The standard InChI is InChI=1S/C23H26N2O4/c1-15-13-17(24-22(27)18-9-5-6-10-19(18)23(28)29)11-12-20(15)25-21(26)14-16-7-3-2-4-8-16/h2-4,7-8,11-13,18-19H,5-6,9-10,14H2,1H3,(H,24,27)(H,25,26)(H,28,29). The molecule has 152 valence electrons. The number of anilines is 2. The van der Waals surface area contributed by atoms with Crippen LogP contribution in [0.1, 0.15) is 36.8 Å². The number of carbonyl (C=O) groups is 3. The molecule has 6 nitrogen and oxygen atoms in total. The molecule has 0 aliphatic heterocycles. The molecular weight excluding hydrogens is 368 g/mol. The molecule has 1 fully saturated rings. The second-order valence-electron chi connectivity index (χ2n) is 7.57. The van der Waals surface area contributed by atoms with Gasteiger partial charge in [0, 0.05) is 11.4 Å². The van der Waals surface area contributed by atoms with Gasteiger partial charge >= 0.3 is 5.97 Å². The Morgan fingerprint density at radius 1 is 0.966 bits per heavy atom. The van der Waals surface area contributed by atoms with Crippen LogP contribution in [0.15, 0.2) is 48.5 Å². The predicted octanol–water partition coefficient (Wildman–Crippen LogP) is 4.01. The number of hydrogen-bond acceptors (Lipinski definition) is 3. The van der Waals surface area contributed by atoms with Crippen molar-refractivity contribution in [2.45, 2.75) is 39.0 Å². The van der Waals surface area contributed by atoms with Gasteiger partial charge in [0.2, 0.25) is 11.8 Å². The molecule has 1 aliphatic rings. The van der Waals surface area contributed by atoms with E-state index in [4.69, 9.17) is 0 Å². The number of carbonyl (C=O) groups excluding carboxylic acids is 2. The molecule has 0 aromatic heterocycles. The van der Waals surface area contributed by atoms with Gasteiger partial charge in [0.15, 0.2) is 0 Å². The Balaban J connectivity index is 1.62. The van der Waals surface area contributed by atoms with Gasteiger partial charge in [-0.2, -0.15) is 0 Å². The van der Waals surface area contributed by atoms with Crippen LogP contribution >= 0.6 is 0 Å². The molecular formula is C23H26N2O4. The second-order valence-corrected chi connectivity index (χ2v) is 7.57. The third-order valence-electron chi connectivity index (χ3n) is 5.40. The summed E-state index contributed by atoms with van der Waals surface area (Å²) in [7, 11) is 0. The number of benzene rings is 2. The minimum Gasteiger partial charge on any atom is -0.481 e. The highest BCUT2D eigenvalue weighted by molar-refractivity contribution is 5.96. The predicted molar refractivity (Wildman–Crippen MR) is 112 cm³/mol. The van der Waals surface area contributed by atoms with Crippen molar-refractivity contribution in [1.82, 2.24) is 0 Å². The van der Waals surface area contributed by atoms with Crippen molar-refractivity contribution in [3.8, 4) is 0 Å². The fourth-order valence-corrected chi connectivity index (χ4v) is 3.83. The van der Waals surface area contributed by atoms with Crippen molar-refractivity contribution in [3.63, 3.8) is 0 Å². The van der Waals surface area contributed by atoms with Crippen molar-refractivity contribution in [3.05, 3.63) is 59.7 Å². The van der Waals surface area contributed by atoms with Gasteiger partial charge in [-0.15, -0.1) is 0 Å². The molecule has 3 rings (SSSR count). The first kappa shape index (κ1) is 20.6. The maximum Gasteiger partial charge on any atom is 0.307 e. The molecule has 0 spiro atoms. The molecule has 2 atom stereocenters. The lowest BCUT2D eigenvalue weighted by Gasteiger charge is -2.27. The van der Waals surface area contributed by atoms with Crippen molar-refractivity contribution < 1.29 is 19.5 Å². The lowest BCUT2D eigenvalue weighted by atomic mass is 9.78. The Bertz CT molecular complexity index is 895. The van der Waals surface area contributed by atoms with E-state index in [2.05, 4.69) is 10.6 Å². The molecule has 3 N–H and O–H groups in total. The SMILES string of the molecule is Cc1cc(NC(=O)C2CCCCC2C(=O)O)ccc1NC(=O)Cc1ccccc1. The van der Waals surface area contributed by atoms with Crippen LogP contribution in [0, 0.1) is 18.8 Å². The van der Waals surface area contributed by atoms with Crippen LogP contribution in [-0.4, -0.2) is 22.9 Å². The van der Waals surface area contributed by atoms with Crippen LogP contribution in [0.25, 0.3) is 0 Å². The number of rotatable bonds is 6. The topological polar surface area (TPSA) is 95.5 Å². The Morgan fingerprint density at radius 3 is 2.31 bits per heavy atom. The van der Waals surface area contributed by atoms with E-state index in [-0.39, 0.29) is 18.2 Å². The zero-order valence-electron chi connectivity index (χ0n) is 16.5. The summed E-state index contributed by atoms with van der Waals surface area (Å²) in [6.07, 6.45) is 3.13. The van der Waals surface area contributed by atoms with Crippen molar-refractivity contribution in [2.24, 2.45) is 11.8 Å². The normalized spacial score (nSPS) is 18.7. The summed E-state index contributed by atoms with van der Waals surface area (Å²) in [6, 6.07) is 14.8. The second kappa shape index (κ2) is 9.37. The van der Waals surface area contributed by atoms with Crippen LogP contribution in [0.5, 0.6) is 0 Å². The van der Waals surface area contributed by atoms with Crippen LogP contribution in [0.4, 0.5) is 11.4 Å². The zero-order chi connectivity index (χ0) is 20.8. The number of nitrogens with one attached hydrogen (secondary N) is 2. The summed E-state index contributed by atoms with van der Waals surface area (Å²) in [5.41, 5.74) is 3.04. The van der Waals surface area contributed by atoms with E-state index in [9.17, 15) is 19.5 Å². The minimum absolute atomic E-state index is 0.109. The van der Waals surface area contributed by atoms with Gasteiger partial charge in [-0.3, -0.25) is 14.4 Å². The van der Waals surface area contributed by atoms with Crippen LogP contribution in [0.2, 0.25) is 0 Å². The van der Waals surface area contributed by atoms with Gasteiger partial charge in [-0.25, -0.2) is 0 Å². The Hall–Kier alpha value is -3.15. The molecule has 0 bridgehead atoms. The van der Waals surface area contributed by atoms with Gasteiger partial charge in [-0.05, 0) is 49.1 Å². The zero-order valence-corrected chi connectivity index (χ0v) is 16.5. The Morgan fingerprint density at radius 2 is 1.66 bits per heavy atom. The number of carboxylic acids is 1. The number of aryl methyl sites for hydroxylation is 1. The molecule has 1 aliphatic carbocycles. The Labute approximate surface area is 170 Å². The van der Waals surface area contributed by atoms with E-state index in [1.54, 1.807) is 18.2 Å². The fourth-order valence-electron chi connectivity index (χ4n) is 3.83. The van der Waals surface area contributed by atoms with E-state index in [0.29, 0.717) is 24.2 Å². The van der Waals surface area contributed by atoms with Crippen molar-refractivity contribution in [2.75, 3.05) is 10.6 Å². The average molecular weight is 394 g/mol. The third-order valence-corrected chi connectivity index (χ3v) is 5.40. The smallest absolute Gasteiger partial charge is 0.307 e. The molecule has 0 heterocycles. The average Bonchev–Trinajstić information content (AvgIpc) is 2.70. The summed E-state index contributed by atoms with van der Waals surface area (Å²) in [5, 5.41) is 15.1. The first-order chi connectivity index (χ1) is 13.9. The number of carboxylic acid groups (broad SMARTS) is 1. The monoisotopic (exact) mass is 394 g/mol. The Kier molecular flexibility index (Phi) is 6.65. The third kappa shape index (κ3) is 5.44. The summed E-state index contributed by atoms with van der Waals surface area (Å²) >= 11 is 0. The summed E-state index contributed by atoms with van der Waals surface area (Å²) < 4.78 is 0. The molecule has 2 aromatic carbocycles. The highest BCUT2D eigenvalue weighted by Crippen LogP contribution is 2.31. The quantitative estimate of drug-likeness (QED) is 0.690. The first-order valence-corrected chi connectivity index (χ1v) is 9.92.